The number of amides is 1. The molecule has 182 valence electrons. The minimum absolute atomic E-state index is 0.0215. The Hall–Kier alpha value is -2.00. The van der Waals surface area contributed by atoms with Gasteiger partial charge in [0.2, 0.25) is 5.91 Å². The van der Waals surface area contributed by atoms with E-state index < -0.39 is 44.1 Å². The van der Waals surface area contributed by atoms with Gasteiger partial charge in [0.05, 0.1) is 30.8 Å². The van der Waals surface area contributed by atoms with Crippen molar-refractivity contribution in [1.82, 2.24) is 5.32 Å². The van der Waals surface area contributed by atoms with Crippen molar-refractivity contribution in [1.29, 1.82) is 0 Å². The number of nitrogens with one attached hydrogen (secondary N) is 1. The van der Waals surface area contributed by atoms with Crippen molar-refractivity contribution in [2.75, 3.05) is 13.2 Å². The quantitative estimate of drug-likeness (QED) is 0.288. The largest absolute Gasteiger partial charge is 0.462 e. The third kappa shape index (κ3) is 5.40. The third-order valence-corrected chi connectivity index (χ3v) is 7.75. The van der Waals surface area contributed by atoms with Gasteiger partial charge < -0.3 is 24.7 Å². The molecule has 0 saturated carbocycles. The van der Waals surface area contributed by atoms with Gasteiger partial charge in [0.25, 0.3) is 0 Å². The van der Waals surface area contributed by atoms with Crippen LogP contribution in [0.4, 0.5) is 0 Å². The number of carbonyl (C=O) groups is 2. The molecule has 3 N–H and O–H groups in total. The summed E-state index contributed by atoms with van der Waals surface area (Å²) >= 11 is 0. The lowest BCUT2D eigenvalue weighted by Gasteiger charge is -2.49. The van der Waals surface area contributed by atoms with Gasteiger partial charge in [0, 0.05) is 5.92 Å². The predicted octanol–water partition coefficient (Wildman–Crippen LogP) is 3.04. The topological polar surface area (TPSA) is 105 Å². The first kappa shape index (κ1) is 25.6. The van der Waals surface area contributed by atoms with Crippen molar-refractivity contribution >= 4 is 20.2 Å². The number of hydrogen-bond donors (Lipinski definition) is 3. The van der Waals surface area contributed by atoms with Gasteiger partial charge in [0.15, 0.2) is 8.32 Å². The lowest BCUT2D eigenvalue weighted by molar-refractivity contribution is -0.127. The molecule has 1 aromatic carbocycles. The van der Waals surface area contributed by atoms with E-state index in [1.54, 1.807) is 31.2 Å². The van der Waals surface area contributed by atoms with Crippen molar-refractivity contribution in [2.24, 2.45) is 11.8 Å². The average Bonchev–Trinajstić information content (AvgIpc) is 2.98. The zero-order valence-electron chi connectivity index (χ0n) is 20.0. The lowest BCUT2D eigenvalue weighted by Crippen LogP contribution is -2.69. The predicted molar refractivity (Wildman–Crippen MR) is 128 cm³/mol. The second kappa shape index (κ2) is 10.1. The maximum atomic E-state index is 13.1. The highest BCUT2D eigenvalue weighted by molar-refractivity contribution is 6.69. The number of rotatable bonds is 9. The first-order valence-electron chi connectivity index (χ1n) is 11.7. The standard InChI is InChI=1S/C25H37NO6Si/c1-24(30)20(15-16-31-23(29)19-13-9-6-10-14-19)22(28)26-25(24,17-27)21(32-33(2,3)4)18-11-7-5-8-12-18/h6-7,9-11,13-14,18,20-21,27,30H,5,8,12,15-17H2,1-4H3,(H,26,28)/t18-,20+,21-,24+,25-/m1/s1. The Balaban J connectivity index is 1.81. The number of ether oxygens (including phenoxy) is 1. The zero-order valence-corrected chi connectivity index (χ0v) is 21.0. The van der Waals surface area contributed by atoms with E-state index in [4.69, 9.17) is 9.16 Å². The summed E-state index contributed by atoms with van der Waals surface area (Å²) in [7, 11) is -2.10. The SMILES string of the molecule is C[C@]1(O)[C@@H](CCOC(=O)c2ccccc2)C(=O)N[C@]1(CO)[C@H](O[Si](C)(C)C)[C@@H]1C=CCCC1. The molecule has 1 heterocycles. The molecule has 0 aromatic heterocycles. The first-order chi connectivity index (χ1) is 15.5. The van der Waals surface area contributed by atoms with Crippen molar-refractivity contribution < 1.29 is 29.0 Å². The summed E-state index contributed by atoms with van der Waals surface area (Å²) in [6.07, 6.45) is 6.60. The highest BCUT2D eigenvalue weighted by Gasteiger charge is 2.65. The van der Waals surface area contributed by atoms with Crippen LogP contribution in [0.1, 0.15) is 43.0 Å². The molecule has 1 aliphatic heterocycles. The molecular formula is C25H37NO6Si. The molecule has 0 bridgehead atoms. The number of carbonyl (C=O) groups excluding carboxylic acids is 2. The summed E-state index contributed by atoms with van der Waals surface area (Å²) < 4.78 is 11.9. The molecule has 1 aliphatic carbocycles. The molecule has 1 saturated heterocycles. The monoisotopic (exact) mass is 475 g/mol. The van der Waals surface area contributed by atoms with E-state index in [1.807, 2.05) is 6.07 Å². The van der Waals surface area contributed by atoms with Crippen molar-refractivity contribution in [3.8, 4) is 0 Å². The van der Waals surface area contributed by atoms with Gasteiger partial charge in [-0.05, 0) is 64.4 Å². The molecule has 1 aromatic rings. The van der Waals surface area contributed by atoms with E-state index in [1.165, 1.54) is 0 Å². The highest BCUT2D eigenvalue weighted by atomic mass is 28.4. The normalized spacial score (nSPS) is 30.7. The first-order valence-corrected chi connectivity index (χ1v) is 15.1. The zero-order chi connectivity index (χ0) is 24.3. The highest BCUT2D eigenvalue weighted by Crippen LogP contribution is 2.45. The molecule has 1 fully saturated rings. The summed E-state index contributed by atoms with van der Waals surface area (Å²) in [6.45, 7) is 7.28. The fourth-order valence-electron chi connectivity index (χ4n) is 5.01. The van der Waals surface area contributed by atoms with Crippen LogP contribution < -0.4 is 5.32 Å². The van der Waals surface area contributed by atoms with E-state index in [0.717, 1.165) is 19.3 Å². The van der Waals surface area contributed by atoms with Gasteiger partial charge >= 0.3 is 5.97 Å². The van der Waals surface area contributed by atoms with Crippen LogP contribution in [0.25, 0.3) is 0 Å². The number of aliphatic hydroxyl groups excluding tert-OH is 1. The van der Waals surface area contributed by atoms with Crippen LogP contribution in [-0.4, -0.2) is 60.9 Å². The minimum atomic E-state index is -2.10. The Kier molecular flexibility index (Phi) is 7.83. The number of benzene rings is 1. The van der Waals surface area contributed by atoms with Crippen LogP contribution in [0.3, 0.4) is 0 Å². The molecule has 1 amide bonds. The molecule has 3 rings (SSSR count). The Morgan fingerprint density at radius 2 is 1.97 bits per heavy atom. The molecule has 8 heteroatoms. The second-order valence-corrected chi connectivity index (χ2v) is 14.7. The van der Waals surface area contributed by atoms with Gasteiger partial charge in [-0.25, -0.2) is 4.79 Å². The summed E-state index contributed by atoms with van der Waals surface area (Å²) in [5.74, 6) is -1.73. The Morgan fingerprint density at radius 3 is 2.55 bits per heavy atom. The fourth-order valence-corrected chi connectivity index (χ4v) is 6.15. The van der Waals surface area contributed by atoms with Crippen LogP contribution >= 0.6 is 0 Å². The maximum Gasteiger partial charge on any atom is 0.338 e. The number of aliphatic hydroxyl groups is 2. The lowest BCUT2D eigenvalue weighted by atomic mass is 9.68. The Labute approximate surface area is 197 Å². The smallest absolute Gasteiger partial charge is 0.338 e. The fraction of sp³-hybridized carbons (Fsp3) is 0.600. The van der Waals surface area contributed by atoms with E-state index in [9.17, 15) is 19.8 Å². The average molecular weight is 476 g/mol. The maximum absolute atomic E-state index is 13.1. The van der Waals surface area contributed by atoms with Crippen LogP contribution in [0, 0.1) is 11.8 Å². The molecular weight excluding hydrogens is 438 g/mol. The molecule has 0 spiro atoms. The van der Waals surface area contributed by atoms with Gasteiger partial charge in [0.1, 0.15) is 11.1 Å². The van der Waals surface area contributed by atoms with Gasteiger partial charge in [-0.2, -0.15) is 0 Å². The summed E-state index contributed by atoms with van der Waals surface area (Å²) in [5, 5.41) is 25.3. The molecule has 2 aliphatic rings. The van der Waals surface area contributed by atoms with Crippen LogP contribution in [0.5, 0.6) is 0 Å². The summed E-state index contributed by atoms with van der Waals surface area (Å²) in [6, 6.07) is 8.63. The van der Waals surface area contributed by atoms with E-state index in [2.05, 4.69) is 37.1 Å². The van der Waals surface area contributed by atoms with Gasteiger partial charge in [-0.3, -0.25) is 4.79 Å². The molecule has 0 radical (unpaired) electrons. The van der Waals surface area contributed by atoms with E-state index in [-0.39, 0.29) is 24.9 Å². The van der Waals surface area contributed by atoms with E-state index >= 15 is 0 Å². The van der Waals surface area contributed by atoms with E-state index in [0.29, 0.717) is 5.56 Å². The third-order valence-electron chi connectivity index (χ3n) is 6.79. The van der Waals surface area contributed by atoms with Crippen LogP contribution in [-0.2, 0) is 14.0 Å². The molecule has 0 unspecified atom stereocenters. The van der Waals surface area contributed by atoms with Crippen LogP contribution in [0.2, 0.25) is 19.6 Å². The number of esters is 1. The Bertz CT molecular complexity index is 865. The molecule has 7 nitrogen and oxygen atoms in total. The second-order valence-electron chi connectivity index (χ2n) is 10.3. The number of allylic oxidation sites excluding steroid dienone is 1. The van der Waals surface area contributed by atoms with Crippen LogP contribution in [0.15, 0.2) is 42.5 Å². The molecule has 5 atom stereocenters. The summed E-state index contributed by atoms with van der Waals surface area (Å²) in [4.78, 5) is 25.3. The minimum Gasteiger partial charge on any atom is -0.462 e. The van der Waals surface area contributed by atoms with Gasteiger partial charge in [-0.15, -0.1) is 0 Å². The van der Waals surface area contributed by atoms with Crippen molar-refractivity contribution in [3.05, 3.63) is 48.0 Å². The molecule has 33 heavy (non-hydrogen) atoms. The summed E-state index contributed by atoms with van der Waals surface area (Å²) in [5.41, 5.74) is -2.53. The van der Waals surface area contributed by atoms with Crippen molar-refractivity contribution in [2.45, 2.75) is 69.5 Å². The number of hydrogen-bond acceptors (Lipinski definition) is 6. The van der Waals surface area contributed by atoms with Gasteiger partial charge in [-0.1, -0.05) is 30.4 Å². The van der Waals surface area contributed by atoms with Crippen molar-refractivity contribution in [3.63, 3.8) is 0 Å². The Morgan fingerprint density at radius 1 is 1.27 bits per heavy atom.